The predicted molar refractivity (Wildman–Crippen MR) is 82.3 cm³/mol. The number of anilines is 1. The van der Waals surface area contributed by atoms with E-state index < -0.39 is 0 Å². The molecule has 1 aromatic rings. The molecule has 1 atom stereocenters. The van der Waals surface area contributed by atoms with Crippen LogP contribution in [-0.4, -0.2) is 34.6 Å². The highest BCUT2D eigenvalue weighted by atomic mass is 15.2. The molecule has 1 saturated heterocycles. The summed E-state index contributed by atoms with van der Waals surface area (Å²) in [4.78, 5) is 6.74. The minimum Gasteiger partial charge on any atom is -0.384 e. The smallest absolute Gasteiger partial charge is 0.123 e. The van der Waals surface area contributed by atoms with E-state index in [2.05, 4.69) is 9.88 Å². The molecule has 2 fully saturated rings. The van der Waals surface area contributed by atoms with E-state index in [1.54, 1.807) is 6.20 Å². The molecule has 0 radical (unpaired) electrons. The van der Waals surface area contributed by atoms with Crippen LogP contribution in [0.15, 0.2) is 18.3 Å². The van der Waals surface area contributed by atoms with Crippen molar-refractivity contribution in [3.63, 3.8) is 0 Å². The second-order valence-corrected chi connectivity index (χ2v) is 6.40. The number of hydrogen-bond donors (Lipinski definition) is 2. The van der Waals surface area contributed by atoms with Crippen LogP contribution in [0, 0.1) is 0 Å². The van der Waals surface area contributed by atoms with Crippen LogP contribution in [0.3, 0.4) is 0 Å². The zero-order valence-corrected chi connectivity index (χ0v) is 12.2. The first-order valence-electron chi connectivity index (χ1n) is 7.92. The van der Waals surface area contributed by atoms with Crippen molar-refractivity contribution in [1.82, 2.24) is 9.88 Å². The number of rotatable bonds is 4. The van der Waals surface area contributed by atoms with Crippen molar-refractivity contribution < 1.29 is 0 Å². The van der Waals surface area contributed by atoms with Gasteiger partial charge in [0.05, 0.1) is 0 Å². The van der Waals surface area contributed by atoms with E-state index in [4.69, 9.17) is 11.5 Å². The number of nitrogen functional groups attached to an aromatic ring is 1. The first kappa shape index (κ1) is 13.8. The molecular formula is C16H26N4. The van der Waals surface area contributed by atoms with Gasteiger partial charge in [-0.1, -0.05) is 12.8 Å². The minimum atomic E-state index is 0.199. The number of nitrogens with two attached hydrogens (primary N) is 2. The van der Waals surface area contributed by atoms with Gasteiger partial charge in [-0.2, -0.15) is 0 Å². The fraction of sp³-hybridized carbons (Fsp3) is 0.688. The maximum atomic E-state index is 6.67. The third-order valence-corrected chi connectivity index (χ3v) is 5.20. The van der Waals surface area contributed by atoms with Crippen LogP contribution in [0.25, 0.3) is 0 Å². The number of nitrogens with zero attached hydrogens (tertiary/aromatic N) is 2. The van der Waals surface area contributed by atoms with Gasteiger partial charge < -0.3 is 11.5 Å². The number of aromatic nitrogens is 1. The molecular weight excluding hydrogens is 248 g/mol. The van der Waals surface area contributed by atoms with Gasteiger partial charge in [-0.05, 0) is 62.9 Å². The van der Waals surface area contributed by atoms with E-state index in [1.807, 2.05) is 12.1 Å². The van der Waals surface area contributed by atoms with E-state index in [-0.39, 0.29) is 11.6 Å². The number of pyridine rings is 1. The Labute approximate surface area is 121 Å². The molecule has 1 aromatic heterocycles. The molecule has 0 bridgehead atoms. The summed E-state index contributed by atoms with van der Waals surface area (Å²) >= 11 is 0. The minimum absolute atomic E-state index is 0.199. The number of likely N-dealkylation sites (tertiary alicyclic amines) is 1. The highest BCUT2D eigenvalue weighted by Gasteiger charge is 2.44. The fourth-order valence-electron chi connectivity index (χ4n) is 4.14. The lowest BCUT2D eigenvalue weighted by molar-refractivity contribution is 0.0921. The monoisotopic (exact) mass is 274 g/mol. The van der Waals surface area contributed by atoms with Crippen molar-refractivity contribution >= 4 is 5.82 Å². The molecule has 2 aliphatic rings. The summed E-state index contributed by atoms with van der Waals surface area (Å²) < 4.78 is 0. The van der Waals surface area contributed by atoms with Crippen molar-refractivity contribution in [3.05, 3.63) is 23.9 Å². The quantitative estimate of drug-likeness (QED) is 0.880. The summed E-state index contributed by atoms with van der Waals surface area (Å²) in [6.07, 6.45) is 10.5. The van der Waals surface area contributed by atoms with Gasteiger partial charge in [0.15, 0.2) is 0 Å². The van der Waals surface area contributed by atoms with Crippen LogP contribution in [0.2, 0.25) is 0 Å². The van der Waals surface area contributed by atoms with Gasteiger partial charge in [-0.15, -0.1) is 0 Å². The molecule has 0 spiro atoms. The topological polar surface area (TPSA) is 68.2 Å². The summed E-state index contributed by atoms with van der Waals surface area (Å²) in [5.41, 5.74) is 13.9. The van der Waals surface area contributed by atoms with Gasteiger partial charge in [-0.25, -0.2) is 4.98 Å². The van der Waals surface area contributed by atoms with Crippen molar-refractivity contribution in [2.75, 3.05) is 18.8 Å². The molecule has 3 rings (SSSR count). The largest absolute Gasteiger partial charge is 0.384 e. The molecule has 1 unspecified atom stereocenters. The van der Waals surface area contributed by atoms with Gasteiger partial charge >= 0.3 is 0 Å². The van der Waals surface area contributed by atoms with Gasteiger partial charge in [0, 0.05) is 17.8 Å². The third-order valence-electron chi connectivity index (χ3n) is 5.20. The maximum absolute atomic E-state index is 6.67. The van der Waals surface area contributed by atoms with Crippen LogP contribution >= 0.6 is 0 Å². The highest BCUT2D eigenvalue weighted by Crippen LogP contribution is 2.40. The summed E-state index contributed by atoms with van der Waals surface area (Å²) in [6.45, 7) is 2.46. The molecule has 0 aromatic carbocycles. The Morgan fingerprint density at radius 2 is 1.90 bits per heavy atom. The lowest BCUT2D eigenvalue weighted by Gasteiger charge is -2.43. The van der Waals surface area contributed by atoms with Crippen molar-refractivity contribution in [2.45, 2.75) is 56.5 Å². The van der Waals surface area contributed by atoms with E-state index in [9.17, 15) is 0 Å². The SMILES string of the molecule is Nc1cc(CC(N)C2(N3CCCC3)CCCC2)ccn1. The fourth-order valence-corrected chi connectivity index (χ4v) is 4.14. The highest BCUT2D eigenvalue weighted by molar-refractivity contribution is 5.32. The summed E-state index contributed by atoms with van der Waals surface area (Å²) in [5, 5.41) is 0. The van der Waals surface area contributed by atoms with Gasteiger partial charge in [0.1, 0.15) is 5.82 Å². The van der Waals surface area contributed by atoms with Crippen molar-refractivity contribution in [2.24, 2.45) is 5.73 Å². The van der Waals surface area contributed by atoms with Crippen LogP contribution in [0.5, 0.6) is 0 Å². The van der Waals surface area contributed by atoms with Crippen molar-refractivity contribution in [1.29, 1.82) is 0 Å². The summed E-state index contributed by atoms with van der Waals surface area (Å²) in [7, 11) is 0. The van der Waals surface area contributed by atoms with Crippen LogP contribution in [0.4, 0.5) is 5.82 Å². The molecule has 110 valence electrons. The Balaban J connectivity index is 1.77. The standard InChI is InChI=1S/C16H26N4/c17-14(11-13-5-8-19-15(18)12-13)16(6-1-2-7-16)20-9-3-4-10-20/h5,8,12,14H,1-4,6-7,9-11,17H2,(H2,18,19). The molecule has 2 heterocycles. The molecule has 1 aliphatic carbocycles. The first-order chi connectivity index (χ1) is 9.71. The van der Waals surface area contributed by atoms with Crippen LogP contribution in [-0.2, 0) is 6.42 Å². The summed E-state index contributed by atoms with van der Waals surface area (Å²) in [5.74, 6) is 0.594. The average molecular weight is 274 g/mol. The van der Waals surface area contributed by atoms with E-state index in [1.165, 1.54) is 57.2 Å². The van der Waals surface area contributed by atoms with Crippen molar-refractivity contribution in [3.8, 4) is 0 Å². The Bertz CT molecular complexity index is 448. The van der Waals surface area contributed by atoms with Gasteiger partial charge in [0.2, 0.25) is 0 Å². The average Bonchev–Trinajstić information content (AvgIpc) is 3.11. The molecule has 1 aliphatic heterocycles. The molecule has 4 heteroatoms. The lowest BCUT2D eigenvalue weighted by Crippen LogP contribution is -2.58. The molecule has 4 N–H and O–H groups in total. The van der Waals surface area contributed by atoms with Gasteiger partial charge in [0.25, 0.3) is 0 Å². The Morgan fingerprint density at radius 3 is 2.55 bits per heavy atom. The Kier molecular flexibility index (Phi) is 3.94. The summed E-state index contributed by atoms with van der Waals surface area (Å²) in [6, 6.07) is 4.21. The molecule has 20 heavy (non-hydrogen) atoms. The Hall–Kier alpha value is -1.13. The zero-order chi connectivity index (χ0) is 14.0. The first-order valence-corrected chi connectivity index (χ1v) is 7.92. The predicted octanol–water partition coefficient (Wildman–Crippen LogP) is 1.94. The Morgan fingerprint density at radius 1 is 1.20 bits per heavy atom. The van der Waals surface area contributed by atoms with E-state index >= 15 is 0 Å². The maximum Gasteiger partial charge on any atom is 0.123 e. The van der Waals surface area contributed by atoms with Crippen LogP contribution < -0.4 is 11.5 Å². The third kappa shape index (κ3) is 2.54. The van der Waals surface area contributed by atoms with E-state index in [0.717, 1.165) is 6.42 Å². The molecule has 0 amide bonds. The van der Waals surface area contributed by atoms with E-state index in [0.29, 0.717) is 5.82 Å². The lowest BCUT2D eigenvalue weighted by atomic mass is 9.83. The van der Waals surface area contributed by atoms with Crippen LogP contribution in [0.1, 0.15) is 44.1 Å². The zero-order valence-electron chi connectivity index (χ0n) is 12.2. The normalized spacial score (nSPS) is 24.1. The van der Waals surface area contributed by atoms with Gasteiger partial charge in [-0.3, -0.25) is 4.90 Å². The second-order valence-electron chi connectivity index (χ2n) is 6.40. The number of hydrogen-bond acceptors (Lipinski definition) is 4. The second kappa shape index (κ2) is 5.70. The molecule has 4 nitrogen and oxygen atoms in total. The molecule has 1 saturated carbocycles.